The van der Waals surface area contributed by atoms with Crippen molar-refractivity contribution in [3.05, 3.63) is 35.6 Å². The Labute approximate surface area is 137 Å². The molecule has 1 aliphatic rings. The van der Waals surface area contributed by atoms with Gasteiger partial charge in [0, 0.05) is 19.7 Å². The summed E-state index contributed by atoms with van der Waals surface area (Å²) >= 11 is 0. The lowest BCUT2D eigenvalue weighted by atomic mass is 9.95. The topological polar surface area (TPSA) is 67.1 Å². The van der Waals surface area contributed by atoms with Crippen molar-refractivity contribution in [2.24, 2.45) is 5.92 Å². The largest absolute Gasteiger partial charge is 0.372 e. The molecule has 3 rings (SSSR count). The van der Waals surface area contributed by atoms with Crippen molar-refractivity contribution in [3.63, 3.8) is 0 Å². The van der Waals surface area contributed by atoms with Gasteiger partial charge in [0.15, 0.2) is 0 Å². The number of hydrogen-bond donors (Lipinski definition) is 1. The Morgan fingerprint density at radius 2 is 2.13 bits per heavy atom. The molecule has 0 saturated carbocycles. The average molecular weight is 315 g/mol. The van der Waals surface area contributed by atoms with Gasteiger partial charge in [-0.1, -0.05) is 5.16 Å². The summed E-state index contributed by atoms with van der Waals surface area (Å²) in [6.07, 6.45) is 8.41. The molecule has 0 spiro atoms. The van der Waals surface area contributed by atoms with Gasteiger partial charge in [0.05, 0.1) is 23.8 Å². The Morgan fingerprint density at radius 3 is 2.83 bits per heavy atom. The maximum atomic E-state index is 5.16. The summed E-state index contributed by atoms with van der Waals surface area (Å²) in [7, 11) is 1.86. The zero-order valence-electron chi connectivity index (χ0n) is 14.0. The fourth-order valence-electron chi connectivity index (χ4n) is 3.19. The standard InChI is InChI=1S/C17H25N5O/c1-13-8-16(21-23-13)12-22-6-3-4-14(5-7-22)9-15-10-20-17(18-2)11-19-15/h8,10-11,14H,3-7,9,12H2,1-2H3,(H,18,20)/t14-/m1/s1. The fraction of sp³-hybridized carbons (Fsp3) is 0.588. The third-order valence-corrected chi connectivity index (χ3v) is 4.46. The summed E-state index contributed by atoms with van der Waals surface area (Å²) in [5.74, 6) is 2.40. The van der Waals surface area contributed by atoms with E-state index in [9.17, 15) is 0 Å². The second kappa shape index (κ2) is 7.55. The van der Waals surface area contributed by atoms with Gasteiger partial charge in [-0.3, -0.25) is 9.88 Å². The Bertz CT molecular complexity index is 610. The minimum absolute atomic E-state index is 0.689. The van der Waals surface area contributed by atoms with Gasteiger partial charge in [-0.2, -0.15) is 0 Å². The van der Waals surface area contributed by atoms with E-state index in [4.69, 9.17) is 4.52 Å². The monoisotopic (exact) mass is 315 g/mol. The molecular formula is C17H25N5O. The van der Waals surface area contributed by atoms with Crippen molar-refractivity contribution in [1.29, 1.82) is 0 Å². The Kier molecular flexibility index (Phi) is 5.23. The maximum Gasteiger partial charge on any atom is 0.144 e. The zero-order chi connectivity index (χ0) is 16.1. The zero-order valence-corrected chi connectivity index (χ0v) is 14.0. The predicted molar refractivity (Wildman–Crippen MR) is 89.1 cm³/mol. The van der Waals surface area contributed by atoms with E-state index in [0.717, 1.165) is 49.0 Å². The van der Waals surface area contributed by atoms with E-state index in [0.29, 0.717) is 5.92 Å². The predicted octanol–water partition coefficient (Wildman–Crippen LogP) is 2.66. The van der Waals surface area contributed by atoms with E-state index in [1.807, 2.05) is 32.4 Å². The fourth-order valence-corrected chi connectivity index (χ4v) is 3.19. The summed E-state index contributed by atoms with van der Waals surface area (Å²) in [5.41, 5.74) is 2.13. The van der Waals surface area contributed by atoms with Gasteiger partial charge in [-0.15, -0.1) is 0 Å². The van der Waals surface area contributed by atoms with Crippen LogP contribution >= 0.6 is 0 Å². The van der Waals surface area contributed by atoms with Gasteiger partial charge in [-0.05, 0) is 51.6 Å². The summed E-state index contributed by atoms with van der Waals surface area (Å²) in [6, 6.07) is 2.03. The molecule has 0 radical (unpaired) electrons. The number of nitrogens with zero attached hydrogens (tertiary/aromatic N) is 4. The highest BCUT2D eigenvalue weighted by Crippen LogP contribution is 2.22. The van der Waals surface area contributed by atoms with Crippen LogP contribution in [0.2, 0.25) is 0 Å². The molecule has 2 aromatic rings. The van der Waals surface area contributed by atoms with Crippen LogP contribution < -0.4 is 5.32 Å². The number of hydrogen-bond acceptors (Lipinski definition) is 6. The number of nitrogens with one attached hydrogen (secondary N) is 1. The van der Waals surface area contributed by atoms with Crippen LogP contribution in [0.5, 0.6) is 0 Å². The maximum absolute atomic E-state index is 5.16. The first-order valence-electron chi connectivity index (χ1n) is 8.36. The number of rotatable bonds is 5. The summed E-state index contributed by atoms with van der Waals surface area (Å²) in [6.45, 7) is 5.07. The molecule has 6 nitrogen and oxygen atoms in total. The van der Waals surface area contributed by atoms with Crippen molar-refractivity contribution in [1.82, 2.24) is 20.0 Å². The lowest BCUT2D eigenvalue weighted by molar-refractivity contribution is 0.262. The Morgan fingerprint density at radius 1 is 1.22 bits per heavy atom. The van der Waals surface area contributed by atoms with Gasteiger partial charge >= 0.3 is 0 Å². The van der Waals surface area contributed by atoms with E-state index in [1.54, 1.807) is 0 Å². The summed E-state index contributed by atoms with van der Waals surface area (Å²) < 4.78 is 5.16. The van der Waals surface area contributed by atoms with Crippen LogP contribution in [0.25, 0.3) is 0 Å². The number of aromatic nitrogens is 3. The number of likely N-dealkylation sites (tertiary alicyclic amines) is 1. The van der Waals surface area contributed by atoms with Crippen molar-refractivity contribution in [3.8, 4) is 0 Å². The third-order valence-electron chi connectivity index (χ3n) is 4.46. The van der Waals surface area contributed by atoms with Crippen molar-refractivity contribution < 1.29 is 4.52 Å². The van der Waals surface area contributed by atoms with E-state index >= 15 is 0 Å². The van der Waals surface area contributed by atoms with Crippen LogP contribution in [0.4, 0.5) is 5.82 Å². The second-order valence-electron chi connectivity index (χ2n) is 6.35. The Balaban J connectivity index is 1.51. The smallest absolute Gasteiger partial charge is 0.144 e. The van der Waals surface area contributed by atoms with Crippen LogP contribution in [-0.4, -0.2) is 40.2 Å². The molecule has 0 aromatic carbocycles. The van der Waals surface area contributed by atoms with Crippen LogP contribution in [0.1, 0.15) is 36.4 Å². The molecular weight excluding hydrogens is 290 g/mol. The van der Waals surface area contributed by atoms with E-state index in [-0.39, 0.29) is 0 Å². The van der Waals surface area contributed by atoms with E-state index < -0.39 is 0 Å². The molecule has 124 valence electrons. The minimum Gasteiger partial charge on any atom is -0.372 e. The van der Waals surface area contributed by atoms with Crippen LogP contribution in [0, 0.1) is 12.8 Å². The minimum atomic E-state index is 0.689. The third kappa shape index (κ3) is 4.51. The molecule has 2 aromatic heterocycles. The second-order valence-corrected chi connectivity index (χ2v) is 6.35. The van der Waals surface area contributed by atoms with Crippen LogP contribution in [-0.2, 0) is 13.0 Å². The number of aryl methyl sites for hydroxylation is 1. The first-order valence-corrected chi connectivity index (χ1v) is 8.36. The molecule has 0 bridgehead atoms. The van der Waals surface area contributed by atoms with Crippen molar-refractivity contribution >= 4 is 5.82 Å². The highest BCUT2D eigenvalue weighted by molar-refractivity contribution is 5.29. The quantitative estimate of drug-likeness (QED) is 0.915. The van der Waals surface area contributed by atoms with Crippen molar-refractivity contribution in [2.45, 2.75) is 39.2 Å². The molecule has 0 amide bonds. The molecule has 6 heteroatoms. The Hall–Kier alpha value is -1.95. The molecule has 1 aliphatic heterocycles. The van der Waals surface area contributed by atoms with Gasteiger partial charge in [0.1, 0.15) is 11.6 Å². The molecule has 1 N–H and O–H groups in total. The van der Waals surface area contributed by atoms with E-state index in [2.05, 4.69) is 25.3 Å². The molecule has 1 fully saturated rings. The number of anilines is 1. The highest BCUT2D eigenvalue weighted by atomic mass is 16.5. The van der Waals surface area contributed by atoms with Crippen LogP contribution in [0.3, 0.4) is 0 Å². The highest BCUT2D eigenvalue weighted by Gasteiger charge is 2.19. The van der Waals surface area contributed by atoms with E-state index in [1.165, 1.54) is 19.3 Å². The molecule has 3 heterocycles. The van der Waals surface area contributed by atoms with Gasteiger partial charge in [0.2, 0.25) is 0 Å². The summed E-state index contributed by atoms with van der Waals surface area (Å²) in [4.78, 5) is 11.3. The lowest BCUT2D eigenvalue weighted by Crippen LogP contribution is -2.24. The first-order chi connectivity index (χ1) is 11.2. The molecule has 1 saturated heterocycles. The normalized spacial score (nSPS) is 19.5. The molecule has 1 atom stereocenters. The average Bonchev–Trinajstić information content (AvgIpc) is 2.84. The van der Waals surface area contributed by atoms with Gasteiger partial charge in [0.25, 0.3) is 0 Å². The van der Waals surface area contributed by atoms with Crippen LogP contribution in [0.15, 0.2) is 23.0 Å². The van der Waals surface area contributed by atoms with Gasteiger partial charge < -0.3 is 9.84 Å². The SMILES string of the molecule is CNc1cnc(C[C@@H]2CCCN(Cc3cc(C)on3)CC2)cn1. The first kappa shape index (κ1) is 15.9. The molecule has 23 heavy (non-hydrogen) atoms. The molecule has 0 unspecified atom stereocenters. The molecule has 0 aliphatic carbocycles. The van der Waals surface area contributed by atoms with Crippen molar-refractivity contribution in [2.75, 3.05) is 25.5 Å². The van der Waals surface area contributed by atoms with Gasteiger partial charge in [-0.25, -0.2) is 4.98 Å². The summed E-state index contributed by atoms with van der Waals surface area (Å²) in [5, 5.41) is 7.11. The lowest BCUT2D eigenvalue weighted by Gasteiger charge is -2.18.